The molecule has 1 aromatic heterocycles. The van der Waals surface area contributed by atoms with Gasteiger partial charge in [0.15, 0.2) is 0 Å². The van der Waals surface area contributed by atoms with Crippen molar-refractivity contribution in [3.8, 4) is 0 Å². The summed E-state index contributed by atoms with van der Waals surface area (Å²) in [6, 6.07) is 8.73. The summed E-state index contributed by atoms with van der Waals surface area (Å²) in [6.07, 6.45) is 2.26. The molecule has 5 nitrogen and oxygen atoms in total. The van der Waals surface area contributed by atoms with Crippen molar-refractivity contribution in [3.63, 3.8) is 0 Å². The maximum atomic E-state index is 12.4. The number of rotatable bonds is 7. The van der Waals surface area contributed by atoms with Crippen molar-refractivity contribution in [2.24, 2.45) is 5.41 Å². The van der Waals surface area contributed by atoms with Gasteiger partial charge in [-0.05, 0) is 30.0 Å². The standard InChI is InChI=1S/C19H23NO4S/c1-19(2,3)9-10-20-17(21)14-6-4-5-7-16(14)25-12-15-13(18(22)23)8-11-24-15/h4-8,11H,9-10,12H2,1-3H3,(H,20,21)(H,22,23). The minimum absolute atomic E-state index is 0.120. The average Bonchev–Trinajstić information content (AvgIpc) is 3.00. The molecule has 25 heavy (non-hydrogen) atoms. The van der Waals surface area contributed by atoms with Gasteiger partial charge in [-0.1, -0.05) is 32.9 Å². The zero-order chi connectivity index (χ0) is 18.4. The molecule has 0 radical (unpaired) electrons. The second kappa shape index (κ2) is 8.25. The second-order valence-electron chi connectivity index (χ2n) is 6.91. The lowest BCUT2D eigenvalue weighted by Crippen LogP contribution is -2.27. The van der Waals surface area contributed by atoms with E-state index in [0.717, 1.165) is 11.3 Å². The van der Waals surface area contributed by atoms with Crippen LogP contribution in [0.15, 0.2) is 45.9 Å². The lowest BCUT2D eigenvalue weighted by atomic mass is 9.92. The number of hydrogen-bond acceptors (Lipinski definition) is 4. The lowest BCUT2D eigenvalue weighted by molar-refractivity contribution is 0.0694. The zero-order valence-electron chi connectivity index (χ0n) is 14.7. The molecule has 1 amide bonds. The molecule has 2 N–H and O–H groups in total. The van der Waals surface area contributed by atoms with Crippen LogP contribution in [-0.2, 0) is 5.75 Å². The third-order valence-electron chi connectivity index (χ3n) is 3.63. The van der Waals surface area contributed by atoms with E-state index in [1.165, 1.54) is 24.1 Å². The number of amides is 1. The van der Waals surface area contributed by atoms with Gasteiger partial charge in [0.05, 0.1) is 17.6 Å². The Kier molecular flexibility index (Phi) is 6.31. The van der Waals surface area contributed by atoms with Gasteiger partial charge in [0.1, 0.15) is 11.3 Å². The number of furan rings is 1. The number of carboxylic acid groups (broad SMARTS) is 1. The molecule has 0 bridgehead atoms. The quantitative estimate of drug-likeness (QED) is 0.713. The first-order valence-corrected chi connectivity index (χ1v) is 9.06. The maximum absolute atomic E-state index is 12.4. The van der Waals surface area contributed by atoms with Gasteiger partial charge in [-0.25, -0.2) is 4.79 Å². The number of benzene rings is 1. The van der Waals surface area contributed by atoms with E-state index in [1.54, 1.807) is 6.07 Å². The Hall–Kier alpha value is -2.21. The molecule has 1 heterocycles. The minimum Gasteiger partial charge on any atom is -0.478 e. The van der Waals surface area contributed by atoms with Gasteiger partial charge in [-0.3, -0.25) is 4.79 Å². The van der Waals surface area contributed by atoms with Crippen molar-refractivity contribution in [3.05, 3.63) is 53.5 Å². The summed E-state index contributed by atoms with van der Waals surface area (Å²) in [5.74, 6) is -0.399. The Bertz CT molecular complexity index is 746. The topological polar surface area (TPSA) is 79.5 Å². The summed E-state index contributed by atoms with van der Waals surface area (Å²) in [5.41, 5.74) is 0.901. The minimum atomic E-state index is -1.02. The molecule has 0 saturated carbocycles. The molecule has 0 saturated heterocycles. The van der Waals surface area contributed by atoms with E-state index < -0.39 is 5.97 Å². The van der Waals surface area contributed by atoms with E-state index in [0.29, 0.717) is 23.6 Å². The smallest absolute Gasteiger partial charge is 0.339 e. The fourth-order valence-corrected chi connectivity index (χ4v) is 3.21. The molecule has 0 aliphatic rings. The largest absolute Gasteiger partial charge is 0.478 e. The van der Waals surface area contributed by atoms with Gasteiger partial charge >= 0.3 is 5.97 Å². The summed E-state index contributed by atoms with van der Waals surface area (Å²) in [4.78, 5) is 24.4. The Morgan fingerprint density at radius 1 is 1.16 bits per heavy atom. The van der Waals surface area contributed by atoms with Gasteiger partial charge in [0, 0.05) is 11.4 Å². The highest BCUT2D eigenvalue weighted by atomic mass is 32.2. The van der Waals surface area contributed by atoms with Crippen LogP contribution in [0.5, 0.6) is 0 Å². The first-order chi connectivity index (χ1) is 11.8. The van der Waals surface area contributed by atoms with Crippen molar-refractivity contribution < 1.29 is 19.1 Å². The monoisotopic (exact) mass is 361 g/mol. The molecule has 0 aliphatic carbocycles. The van der Waals surface area contributed by atoms with Crippen LogP contribution in [0.1, 0.15) is 53.7 Å². The summed E-state index contributed by atoms with van der Waals surface area (Å²) in [5, 5.41) is 12.1. The van der Waals surface area contributed by atoms with Gasteiger partial charge < -0.3 is 14.8 Å². The second-order valence-corrected chi connectivity index (χ2v) is 7.93. The maximum Gasteiger partial charge on any atom is 0.339 e. The fraction of sp³-hybridized carbons (Fsp3) is 0.368. The van der Waals surface area contributed by atoms with E-state index in [4.69, 9.17) is 9.52 Å². The molecule has 0 unspecified atom stereocenters. The lowest BCUT2D eigenvalue weighted by Gasteiger charge is -2.18. The van der Waals surface area contributed by atoms with Gasteiger partial charge in [0.2, 0.25) is 0 Å². The SMILES string of the molecule is CC(C)(C)CCNC(=O)c1ccccc1SCc1occc1C(=O)O. The molecular weight excluding hydrogens is 338 g/mol. The third-order valence-corrected chi connectivity index (χ3v) is 4.70. The van der Waals surface area contributed by atoms with Crippen LogP contribution in [0.4, 0.5) is 0 Å². The molecule has 0 spiro atoms. The van der Waals surface area contributed by atoms with Crippen molar-refractivity contribution in [1.29, 1.82) is 0 Å². The first-order valence-electron chi connectivity index (χ1n) is 8.07. The molecule has 2 rings (SSSR count). The van der Waals surface area contributed by atoms with Crippen molar-refractivity contribution >= 4 is 23.6 Å². The van der Waals surface area contributed by atoms with Crippen LogP contribution in [0, 0.1) is 5.41 Å². The average molecular weight is 361 g/mol. The van der Waals surface area contributed by atoms with Crippen molar-refractivity contribution in [1.82, 2.24) is 5.32 Å². The van der Waals surface area contributed by atoms with E-state index in [-0.39, 0.29) is 16.9 Å². The van der Waals surface area contributed by atoms with E-state index in [9.17, 15) is 9.59 Å². The van der Waals surface area contributed by atoms with Gasteiger partial charge in [-0.2, -0.15) is 0 Å². The normalized spacial score (nSPS) is 11.3. The predicted molar refractivity (Wildman–Crippen MR) is 98.1 cm³/mol. The number of thioether (sulfide) groups is 1. The third kappa shape index (κ3) is 5.67. The summed E-state index contributed by atoms with van der Waals surface area (Å²) >= 11 is 1.39. The molecule has 134 valence electrons. The van der Waals surface area contributed by atoms with Gasteiger partial charge in [0.25, 0.3) is 5.91 Å². The number of nitrogens with one attached hydrogen (secondary N) is 1. The number of carbonyl (C=O) groups excluding carboxylic acids is 1. The number of carbonyl (C=O) groups is 2. The van der Waals surface area contributed by atoms with E-state index in [1.807, 2.05) is 18.2 Å². The Morgan fingerprint density at radius 2 is 1.88 bits per heavy atom. The molecule has 1 aromatic carbocycles. The molecular formula is C19H23NO4S. The van der Waals surface area contributed by atoms with E-state index in [2.05, 4.69) is 26.1 Å². The van der Waals surface area contributed by atoms with Gasteiger partial charge in [-0.15, -0.1) is 11.8 Å². The van der Waals surface area contributed by atoms with Crippen LogP contribution in [-0.4, -0.2) is 23.5 Å². The molecule has 0 aliphatic heterocycles. The Labute approximate surface area is 151 Å². The Morgan fingerprint density at radius 3 is 2.56 bits per heavy atom. The predicted octanol–water partition coefficient (Wildman–Crippen LogP) is 4.44. The van der Waals surface area contributed by atoms with E-state index >= 15 is 0 Å². The highest BCUT2D eigenvalue weighted by Gasteiger charge is 2.17. The highest BCUT2D eigenvalue weighted by Crippen LogP contribution is 2.28. The zero-order valence-corrected chi connectivity index (χ0v) is 15.5. The van der Waals surface area contributed by atoms with Crippen LogP contribution in [0.3, 0.4) is 0 Å². The summed E-state index contributed by atoms with van der Waals surface area (Å²) in [7, 11) is 0. The Balaban J connectivity index is 2.03. The van der Waals surface area contributed by atoms with Crippen LogP contribution in [0.25, 0.3) is 0 Å². The molecule has 2 aromatic rings. The van der Waals surface area contributed by atoms with Crippen molar-refractivity contribution in [2.75, 3.05) is 6.54 Å². The van der Waals surface area contributed by atoms with Crippen molar-refractivity contribution in [2.45, 2.75) is 37.8 Å². The molecule has 6 heteroatoms. The fourth-order valence-electron chi connectivity index (χ4n) is 2.21. The molecule has 0 atom stereocenters. The number of aromatic carboxylic acids is 1. The first kappa shape index (κ1) is 19.1. The van der Waals surface area contributed by atoms with Crippen LogP contribution in [0.2, 0.25) is 0 Å². The number of hydrogen-bond donors (Lipinski definition) is 2. The summed E-state index contributed by atoms with van der Waals surface area (Å²) in [6.45, 7) is 7.01. The highest BCUT2D eigenvalue weighted by molar-refractivity contribution is 7.98. The molecule has 0 fully saturated rings. The summed E-state index contributed by atoms with van der Waals surface area (Å²) < 4.78 is 5.25. The number of carboxylic acids is 1. The van der Waals surface area contributed by atoms with Crippen LogP contribution >= 0.6 is 11.8 Å². The van der Waals surface area contributed by atoms with Crippen LogP contribution < -0.4 is 5.32 Å².